The number of aromatic nitrogens is 2. The van der Waals surface area contributed by atoms with Crippen molar-refractivity contribution in [3.8, 4) is 11.5 Å². The highest BCUT2D eigenvalue weighted by Crippen LogP contribution is 2.23. The van der Waals surface area contributed by atoms with Crippen molar-refractivity contribution in [2.75, 3.05) is 6.26 Å². The van der Waals surface area contributed by atoms with Crippen molar-refractivity contribution in [1.82, 2.24) is 10.2 Å². The third-order valence-corrected chi connectivity index (χ3v) is 4.52. The van der Waals surface area contributed by atoms with Gasteiger partial charge in [-0.3, -0.25) is 0 Å². The Balaban J connectivity index is 1.98. The fourth-order valence-corrected chi connectivity index (χ4v) is 2.96. The largest absolute Gasteiger partial charge is 0.401 e. The normalized spacial score (nSPS) is 13.6. The number of nitrogens with zero attached hydrogens (tertiary/aromatic N) is 3. The standard InChI is InChI=1S/C15H13N3O2S/c1-21(19,13-10-6-3-7-11-13)18-15-17-16-14(20-15)12-8-4-2-5-9-12/h2-11H,1H3. The number of hydrogen-bond donors (Lipinski definition) is 0. The summed E-state index contributed by atoms with van der Waals surface area (Å²) in [5.74, 6) is 0.359. The Bertz CT molecular complexity index is 851. The summed E-state index contributed by atoms with van der Waals surface area (Å²) in [5, 5.41) is 7.77. The second-order valence-electron chi connectivity index (χ2n) is 4.46. The molecule has 3 rings (SSSR count). The molecule has 1 heterocycles. The smallest absolute Gasteiger partial charge is 0.351 e. The van der Waals surface area contributed by atoms with Gasteiger partial charge in [-0.1, -0.05) is 41.5 Å². The molecule has 0 saturated carbocycles. The summed E-state index contributed by atoms with van der Waals surface area (Å²) in [4.78, 5) is 0.629. The molecule has 0 aliphatic rings. The van der Waals surface area contributed by atoms with Crippen LogP contribution < -0.4 is 0 Å². The van der Waals surface area contributed by atoms with Crippen molar-refractivity contribution in [3.63, 3.8) is 0 Å². The maximum atomic E-state index is 12.6. The van der Waals surface area contributed by atoms with Crippen LogP contribution in [0.4, 0.5) is 6.01 Å². The van der Waals surface area contributed by atoms with Crippen molar-refractivity contribution in [2.24, 2.45) is 4.36 Å². The third kappa shape index (κ3) is 3.00. The number of hydrogen-bond acceptors (Lipinski definition) is 5. The van der Waals surface area contributed by atoms with E-state index in [0.29, 0.717) is 10.8 Å². The third-order valence-electron chi connectivity index (χ3n) is 2.87. The summed E-state index contributed by atoms with van der Waals surface area (Å²) in [6.07, 6.45) is 1.55. The summed E-state index contributed by atoms with van der Waals surface area (Å²) in [7, 11) is -2.60. The van der Waals surface area contributed by atoms with E-state index in [1.807, 2.05) is 48.5 Å². The van der Waals surface area contributed by atoms with Gasteiger partial charge in [-0.05, 0) is 24.3 Å². The molecule has 0 aliphatic carbocycles. The monoisotopic (exact) mass is 299 g/mol. The van der Waals surface area contributed by atoms with E-state index in [4.69, 9.17) is 4.42 Å². The van der Waals surface area contributed by atoms with E-state index in [2.05, 4.69) is 14.6 Å². The lowest BCUT2D eigenvalue weighted by atomic mass is 10.2. The summed E-state index contributed by atoms with van der Waals surface area (Å²) < 4.78 is 22.2. The first kappa shape index (κ1) is 13.5. The molecule has 0 bridgehead atoms. The highest BCUT2D eigenvalue weighted by atomic mass is 32.2. The topological polar surface area (TPSA) is 68.3 Å². The summed E-state index contributed by atoms with van der Waals surface area (Å²) in [6, 6.07) is 18.4. The summed E-state index contributed by atoms with van der Waals surface area (Å²) in [5.41, 5.74) is 0.800. The Morgan fingerprint density at radius 2 is 1.57 bits per heavy atom. The average molecular weight is 299 g/mol. The minimum Gasteiger partial charge on any atom is -0.401 e. The molecule has 5 nitrogen and oxygen atoms in total. The molecule has 3 aromatic rings. The molecule has 21 heavy (non-hydrogen) atoms. The predicted molar refractivity (Wildman–Crippen MR) is 80.6 cm³/mol. The van der Waals surface area contributed by atoms with Gasteiger partial charge in [0.15, 0.2) is 0 Å². The van der Waals surface area contributed by atoms with E-state index in [1.54, 1.807) is 18.4 Å². The van der Waals surface area contributed by atoms with Crippen molar-refractivity contribution < 1.29 is 8.63 Å². The van der Waals surface area contributed by atoms with Gasteiger partial charge in [-0.15, -0.1) is 9.46 Å². The van der Waals surface area contributed by atoms with Gasteiger partial charge in [0.1, 0.15) is 0 Å². The lowest BCUT2D eigenvalue weighted by Gasteiger charge is -2.01. The number of benzene rings is 2. The molecule has 106 valence electrons. The quantitative estimate of drug-likeness (QED) is 0.742. The van der Waals surface area contributed by atoms with E-state index in [1.165, 1.54) is 0 Å². The highest BCUT2D eigenvalue weighted by Gasteiger charge is 2.11. The molecule has 0 aliphatic heterocycles. The Labute approximate surface area is 122 Å². The Kier molecular flexibility index (Phi) is 3.53. The van der Waals surface area contributed by atoms with Crippen LogP contribution in [0.5, 0.6) is 0 Å². The van der Waals surface area contributed by atoms with Crippen LogP contribution in [0.2, 0.25) is 0 Å². The van der Waals surface area contributed by atoms with Crippen LogP contribution in [0, 0.1) is 0 Å². The van der Waals surface area contributed by atoms with Crippen LogP contribution in [-0.4, -0.2) is 20.7 Å². The van der Waals surface area contributed by atoms with Crippen LogP contribution in [0.25, 0.3) is 11.5 Å². The first-order valence-corrected chi connectivity index (χ1v) is 8.24. The molecule has 0 saturated heterocycles. The van der Waals surface area contributed by atoms with Crippen LogP contribution in [0.15, 0.2) is 74.3 Å². The van der Waals surface area contributed by atoms with Crippen molar-refractivity contribution in [3.05, 3.63) is 60.7 Å². The molecular weight excluding hydrogens is 286 g/mol. The van der Waals surface area contributed by atoms with Gasteiger partial charge in [0.2, 0.25) is 5.89 Å². The fourth-order valence-electron chi connectivity index (χ4n) is 1.82. The van der Waals surface area contributed by atoms with Gasteiger partial charge in [-0.25, -0.2) is 4.21 Å². The van der Waals surface area contributed by atoms with Gasteiger partial charge in [0.25, 0.3) is 0 Å². The lowest BCUT2D eigenvalue weighted by Crippen LogP contribution is -1.96. The minimum atomic E-state index is -2.60. The molecule has 1 aromatic heterocycles. The second-order valence-corrected chi connectivity index (χ2v) is 6.72. The molecule has 6 heteroatoms. The molecule has 0 N–H and O–H groups in total. The summed E-state index contributed by atoms with van der Waals surface area (Å²) in [6.45, 7) is 0. The van der Waals surface area contributed by atoms with Crippen LogP contribution in [0.1, 0.15) is 0 Å². The molecule has 0 fully saturated rings. The maximum absolute atomic E-state index is 12.6. The van der Waals surface area contributed by atoms with E-state index < -0.39 is 9.73 Å². The van der Waals surface area contributed by atoms with E-state index in [0.717, 1.165) is 5.56 Å². The summed E-state index contributed by atoms with van der Waals surface area (Å²) >= 11 is 0. The van der Waals surface area contributed by atoms with Crippen molar-refractivity contribution in [2.45, 2.75) is 4.90 Å². The molecule has 0 spiro atoms. The van der Waals surface area contributed by atoms with Gasteiger partial charge in [-0.2, -0.15) is 0 Å². The SMILES string of the molecule is CS(=O)(=Nc1nnc(-c2ccccc2)o1)c1ccccc1. The highest BCUT2D eigenvalue weighted by molar-refractivity contribution is 7.93. The molecule has 2 aromatic carbocycles. The molecular formula is C15H13N3O2S. The van der Waals surface area contributed by atoms with Crippen molar-refractivity contribution >= 4 is 15.7 Å². The Morgan fingerprint density at radius 3 is 2.24 bits per heavy atom. The molecule has 0 radical (unpaired) electrons. The minimum absolute atomic E-state index is 0.0187. The van der Waals surface area contributed by atoms with Gasteiger partial charge in [0.05, 0.1) is 9.73 Å². The number of rotatable bonds is 3. The predicted octanol–water partition coefficient (Wildman–Crippen LogP) is 3.53. The van der Waals surface area contributed by atoms with E-state index in [9.17, 15) is 4.21 Å². The first-order valence-electron chi connectivity index (χ1n) is 6.31. The van der Waals surface area contributed by atoms with Crippen LogP contribution in [0.3, 0.4) is 0 Å². The lowest BCUT2D eigenvalue weighted by molar-refractivity contribution is 0.579. The Hall–Kier alpha value is -2.47. The molecule has 0 amide bonds. The zero-order valence-corrected chi connectivity index (χ0v) is 12.2. The van der Waals surface area contributed by atoms with Gasteiger partial charge in [0, 0.05) is 16.7 Å². The Morgan fingerprint density at radius 1 is 0.952 bits per heavy atom. The van der Waals surface area contributed by atoms with Gasteiger partial charge >= 0.3 is 6.01 Å². The first-order chi connectivity index (χ1) is 10.1. The average Bonchev–Trinajstić information content (AvgIpc) is 2.97. The van der Waals surface area contributed by atoms with E-state index in [-0.39, 0.29) is 6.01 Å². The zero-order chi connectivity index (χ0) is 14.7. The van der Waals surface area contributed by atoms with Gasteiger partial charge < -0.3 is 4.42 Å². The molecule has 1 atom stereocenters. The van der Waals surface area contributed by atoms with Crippen LogP contribution in [-0.2, 0) is 9.73 Å². The van der Waals surface area contributed by atoms with E-state index >= 15 is 0 Å². The zero-order valence-electron chi connectivity index (χ0n) is 11.3. The fraction of sp³-hybridized carbons (Fsp3) is 0.0667. The van der Waals surface area contributed by atoms with Crippen LogP contribution >= 0.6 is 0 Å². The second kappa shape index (κ2) is 5.49. The maximum Gasteiger partial charge on any atom is 0.351 e. The molecule has 1 unspecified atom stereocenters. The van der Waals surface area contributed by atoms with Crippen molar-refractivity contribution in [1.29, 1.82) is 0 Å².